The third-order valence-electron chi connectivity index (χ3n) is 5.11. The van der Waals surface area contributed by atoms with Gasteiger partial charge in [0, 0.05) is 23.5 Å². The molecule has 0 bridgehead atoms. The molecule has 176 valence electrons. The molecule has 7 N–H and O–H groups in total. The molecule has 4 rings (SSSR count). The average Bonchev–Trinajstić information content (AvgIpc) is 3.01. The molecule has 3 aromatic carbocycles. The molecule has 1 heterocycles. The van der Waals surface area contributed by atoms with Crippen molar-refractivity contribution in [2.75, 3.05) is 5.32 Å². The monoisotopic (exact) mass is 467 g/mol. The van der Waals surface area contributed by atoms with Crippen LogP contribution in [0.25, 0.3) is 0 Å². The number of benzodiazepines with no additional fused rings is 1. The molecule has 0 fully saturated rings. The van der Waals surface area contributed by atoms with Gasteiger partial charge in [-0.15, -0.1) is 0 Å². The van der Waals surface area contributed by atoms with Crippen molar-refractivity contribution in [3.63, 3.8) is 0 Å². The van der Waals surface area contributed by atoms with Gasteiger partial charge in [-0.3, -0.25) is 25.9 Å². The van der Waals surface area contributed by atoms with Gasteiger partial charge in [-0.1, -0.05) is 66.7 Å². The number of ether oxygens (including phenoxy) is 1. The lowest BCUT2D eigenvalue weighted by atomic mass is 10.0. The van der Waals surface area contributed by atoms with E-state index in [1.807, 2.05) is 84.9 Å². The highest BCUT2D eigenvalue weighted by atomic mass is 16.5. The van der Waals surface area contributed by atoms with E-state index in [-0.39, 0.29) is 11.5 Å². The Morgan fingerprint density at radius 1 is 1.06 bits per heavy atom. The van der Waals surface area contributed by atoms with Gasteiger partial charge in [-0.2, -0.15) is 0 Å². The first-order valence-corrected chi connectivity index (χ1v) is 10.9. The van der Waals surface area contributed by atoms with Gasteiger partial charge >= 0.3 is 0 Å². The second-order valence-corrected chi connectivity index (χ2v) is 7.53. The third kappa shape index (κ3) is 5.85. The Morgan fingerprint density at radius 2 is 1.71 bits per heavy atom. The summed E-state index contributed by atoms with van der Waals surface area (Å²) in [6.07, 6.45) is 0.316. The van der Waals surface area contributed by atoms with Gasteiger partial charge in [0.25, 0.3) is 5.91 Å². The van der Waals surface area contributed by atoms with E-state index in [1.165, 1.54) is 12.4 Å². The van der Waals surface area contributed by atoms with E-state index in [4.69, 9.17) is 21.6 Å². The quantitative estimate of drug-likeness (QED) is 0.206. The van der Waals surface area contributed by atoms with Crippen LogP contribution in [-0.4, -0.2) is 36.2 Å². The second-order valence-electron chi connectivity index (χ2n) is 7.53. The Balaban J connectivity index is 1.51. The molecule has 1 aliphatic heterocycles. The maximum atomic E-state index is 12.9. The second kappa shape index (κ2) is 11.0. The summed E-state index contributed by atoms with van der Waals surface area (Å²) in [5, 5.41) is 13.9. The van der Waals surface area contributed by atoms with Crippen molar-refractivity contribution >= 4 is 35.1 Å². The minimum absolute atomic E-state index is 0.220. The van der Waals surface area contributed by atoms with E-state index in [0.29, 0.717) is 17.1 Å². The smallest absolute Gasteiger partial charge is 0.264 e. The van der Waals surface area contributed by atoms with Crippen LogP contribution in [0.3, 0.4) is 0 Å². The summed E-state index contributed by atoms with van der Waals surface area (Å²) in [4.78, 5) is 21.9. The SMILES string of the molecule is N=C(OC(N)NC1N=C(c2ccccc2)c2ccccc2NC1=O)C(C=Nc1ccccc1)=CN. The molecule has 2 atom stereocenters. The summed E-state index contributed by atoms with van der Waals surface area (Å²) in [6, 6.07) is 26.2. The Labute approximate surface area is 202 Å². The number of nitrogens with two attached hydrogens (primary N) is 2. The molecule has 35 heavy (non-hydrogen) atoms. The van der Waals surface area contributed by atoms with Crippen molar-refractivity contribution in [1.29, 1.82) is 5.41 Å². The minimum Gasteiger partial charge on any atom is -0.445 e. The van der Waals surface area contributed by atoms with Crippen molar-refractivity contribution in [2.45, 2.75) is 12.5 Å². The molecule has 1 amide bonds. The lowest BCUT2D eigenvalue weighted by Crippen LogP contribution is -2.50. The Morgan fingerprint density at radius 3 is 2.43 bits per heavy atom. The fraction of sp³-hybridized carbons (Fsp3) is 0.0769. The van der Waals surface area contributed by atoms with Crippen LogP contribution in [0.5, 0.6) is 0 Å². The highest BCUT2D eigenvalue weighted by Crippen LogP contribution is 2.23. The van der Waals surface area contributed by atoms with Crippen molar-refractivity contribution in [3.8, 4) is 0 Å². The predicted octanol–water partition coefficient (Wildman–Crippen LogP) is 2.87. The van der Waals surface area contributed by atoms with Crippen LogP contribution in [0, 0.1) is 5.41 Å². The van der Waals surface area contributed by atoms with E-state index in [0.717, 1.165) is 11.1 Å². The third-order valence-corrected chi connectivity index (χ3v) is 5.11. The molecule has 1 aliphatic rings. The zero-order valence-electron chi connectivity index (χ0n) is 18.8. The number of carbonyl (C=O) groups excluding carboxylic acids is 1. The van der Waals surface area contributed by atoms with Crippen LogP contribution in [0.1, 0.15) is 11.1 Å². The average molecular weight is 468 g/mol. The summed E-state index contributed by atoms with van der Waals surface area (Å²) in [6.45, 7) is 0. The maximum absolute atomic E-state index is 12.9. The van der Waals surface area contributed by atoms with E-state index >= 15 is 0 Å². The molecule has 0 radical (unpaired) electrons. The van der Waals surface area contributed by atoms with Gasteiger partial charge in [-0.05, 0) is 18.2 Å². The first-order chi connectivity index (χ1) is 17.0. The number of para-hydroxylation sites is 2. The van der Waals surface area contributed by atoms with Gasteiger partial charge in [0.2, 0.25) is 12.2 Å². The van der Waals surface area contributed by atoms with Gasteiger partial charge in [0.1, 0.15) is 0 Å². The van der Waals surface area contributed by atoms with E-state index in [1.54, 1.807) is 0 Å². The van der Waals surface area contributed by atoms with Crippen LogP contribution in [0.4, 0.5) is 11.4 Å². The number of aliphatic imine (C=N–C) groups is 2. The summed E-state index contributed by atoms with van der Waals surface area (Å²) < 4.78 is 5.46. The van der Waals surface area contributed by atoms with Crippen LogP contribution in [0.15, 0.2) is 107 Å². The van der Waals surface area contributed by atoms with E-state index in [9.17, 15) is 4.79 Å². The molecule has 0 aromatic heterocycles. The van der Waals surface area contributed by atoms with Crippen LogP contribution in [-0.2, 0) is 9.53 Å². The van der Waals surface area contributed by atoms with Gasteiger partial charge in [0.15, 0.2) is 6.17 Å². The van der Waals surface area contributed by atoms with Crippen molar-refractivity contribution < 1.29 is 9.53 Å². The van der Waals surface area contributed by atoms with Crippen LogP contribution < -0.4 is 22.1 Å². The fourth-order valence-corrected chi connectivity index (χ4v) is 3.42. The number of nitrogens with zero attached hydrogens (tertiary/aromatic N) is 2. The molecule has 0 aliphatic carbocycles. The minimum atomic E-state index is -1.22. The van der Waals surface area contributed by atoms with Crippen molar-refractivity contribution in [2.24, 2.45) is 21.5 Å². The van der Waals surface area contributed by atoms with Crippen LogP contribution in [0.2, 0.25) is 0 Å². The molecular weight excluding hydrogens is 442 g/mol. The normalized spacial score (nSPS) is 16.6. The summed E-state index contributed by atoms with van der Waals surface area (Å²) in [5.74, 6) is -0.717. The maximum Gasteiger partial charge on any atom is 0.264 e. The Hall–Kier alpha value is -4.60. The van der Waals surface area contributed by atoms with Gasteiger partial charge < -0.3 is 15.8 Å². The van der Waals surface area contributed by atoms with Gasteiger partial charge in [0.05, 0.1) is 22.7 Å². The predicted molar refractivity (Wildman–Crippen MR) is 138 cm³/mol. The molecule has 0 saturated carbocycles. The fourth-order valence-electron chi connectivity index (χ4n) is 3.42. The van der Waals surface area contributed by atoms with Crippen molar-refractivity contribution in [3.05, 3.63) is 108 Å². The number of hydrogen-bond acceptors (Lipinski definition) is 8. The number of nitrogens with one attached hydrogen (secondary N) is 3. The standard InChI is InChI=1S/C26H25N7O2/c27-15-18(16-30-19-11-5-2-6-12-19)23(28)35-26(29)33-24-25(34)31-21-14-8-7-13-20(21)22(32-24)17-9-3-1-4-10-17/h1-16,24,26,28,33H,27,29H2,(H,31,34). The zero-order chi connectivity index (χ0) is 24.6. The van der Waals surface area contributed by atoms with E-state index < -0.39 is 18.4 Å². The topological polar surface area (TPSA) is 151 Å². The number of amides is 1. The van der Waals surface area contributed by atoms with Crippen LogP contribution >= 0.6 is 0 Å². The number of benzene rings is 3. The van der Waals surface area contributed by atoms with Crippen molar-refractivity contribution in [1.82, 2.24) is 5.32 Å². The molecular formula is C26H25N7O2. The summed E-state index contributed by atoms with van der Waals surface area (Å²) in [7, 11) is 0. The summed E-state index contributed by atoms with van der Waals surface area (Å²) >= 11 is 0. The first-order valence-electron chi connectivity index (χ1n) is 10.9. The van der Waals surface area contributed by atoms with Gasteiger partial charge in [-0.25, -0.2) is 5.32 Å². The molecule has 2 unspecified atom stereocenters. The van der Waals surface area contributed by atoms with E-state index in [2.05, 4.69) is 20.6 Å². The number of carbonyl (C=O) groups is 1. The number of anilines is 1. The zero-order valence-corrected chi connectivity index (χ0v) is 18.8. The Kier molecular flexibility index (Phi) is 7.41. The lowest BCUT2D eigenvalue weighted by molar-refractivity contribution is -0.118. The highest BCUT2D eigenvalue weighted by molar-refractivity contribution is 6.19. The highest BCUT2D eigenvalue weighted by Gasteiger charge is 2.27. The number of rotatable bonds is 7. The molecule has 3 aromatic rings. The lowest BCUT2D eigenvalue weighted by Gasteiger charge is -2.20. The summed E-state index contributed by atoms with van der Waals surface area (Å²) in [5.41, 5.74) is 15.5. The first kappa shape index (κ1) is 23.6. The molecule has 9 nitrogen and oxygen atoms in total. The molecule has 0 spiro atoms. The largest absolute Gasteiger partial charge is 0.445 e. The Bertz CT molecular complexity index is 1290. The number of hydrogen-bond donors (Lipinski definition) is 5. The molecule has 9 heteroatoms. The number of fused-ring (bicyclic) bond motifs is 1. The molecule has 0 saturated heterocycles.